The van der Waals surface area contributed by atoms with Gasteiger partial charge < -0.3 is 0 Å². The molecule has 3 aromatic rings. The van der Waals surface area contributed by atoms with Crippen LogP contribution in [-0.4, -0.2) is 14.3 Å². The first-order valence-electron chi connectivity index (χ1n) is 8.35. The van der Waals surface area contributed by atoms with Gasteiger partial charge >= 0.3 is 0 Å². The summed E-state index contributed by atoms with van der Waals surface area (Å²) >= 11 is 6.64. The van der Waals surface area contributed by atoms with E-state index in [1.165, 1.54) is 18.2 Å². The molecule has 0 heterocycles. The SMILES string of the molecule is Cc1ccc(S(=O)(=O)NC(=O)c2cc(Br)ccc2N=Nc2ccc(Br)cc2)cc1. The predicted molar refractivity (Wildman–Crippen MR) is 118 cm³/mol. The number of nitrogens with zero attached hydrogens (tertiary/aromatic N) is 2. The molecule has 1 amide bonds. The molecule has 0 unspecified atom stereocenters. The summed E-state index contributed by atoms with van der Waals surface area (Å²) in [7, 11) is -4.02. The first-order valence-corrected chi connectivity index (χ1v) is 11.4. The van der Waals surface area contributed by atoms with Crippen LogP contribution in [0.2, 0.25) is 0 Å². The Morgan fingerprint density at radius 2 is 1.48 bits per heavy atom. The molecule has 9 heteroatoms. The van der Waals surface area contributed by atoms with Crippen LogP contribution in [-0.2, 0) is 10.0 Å². The average molecular weight is 537 g/mol. The van der Waals surface area contributed by atoms with Crippen LogP contribution in [0.1, 0.15) is 15.9 Å². The summed E-state index contributed by atoms with van der Waals surface area (Å²) in [6.45, 7) is 1.85. The number of nitrogens with one attached hydrogen (secondary N) is 1. The molecule has 0 aliphatic heterocycles. The quantitative estimate of drug-likeness (QED) is 0.402. The molecular formula is C20H15Br2N3O3S. The molecule has 0 atom stereocenters. The van der Waals surface area contributed by atoms with E-state index in [-0.39, 0.29) is 16.1 Å². The summed E-state index contributed by atoms with van der Waals surface area (Å²) in [5.41, 5.74) is 1.83. The Labute approximate surface area is 185 Å². The second-order valence-electron chi connectivity index (χ2n) is 6.09. The van der Waals surface area contributed by atoms with Crippen LogP contribution in [0.3, 0.4) is 0 Å². The first-order chi connectivity index (χ1) is 13.7. The predicted octanol–water partition coefficient (Wildman–Crippen LogP) is 6.05. The van der Waals surface area contributed by atoms with Gasteiger partial charge in [0.25, 0.3) is 15.9 Å². The molecule has 3 rings (SSSR count). The zero-order valence-electron chi connectivity index (χ0n) is 15.1. The van der Waals surface area contributed by atoms with Crippen molar-refractivity contribution in [2.75, 3.05) is 0 Å². The highest BCUT2D eigenvalue weighted by atomic mass is 79.9. The number of hydrogen-bond donors (Lipinski definition) is 1. The average Bonchev–Trinajstić information content (AvgIpc) is 2.68. The lowest BCUT2D eigenvalue weighted by molar-refractivity contribution is 0.0982. The second kappa shape index (κ2) is 8.98. The van der Waals surface area contributed by atoms with Crippen molar-refractivity contribution in [3.8, 4) is 0 Å². The summed E-state index contributed by atoms with van der Waals surface area (Å²) in [6, 6.07) is 18.1. The van der Waals surface area contributed by atoms with Gasteiger partial charge in [0, 0.05) is 8.95 Å². The Hall–Kier alpha value is -2.36. The number of halogens is 2. The Morgan fingerprint density at radius 3 is 2.14 bits per heavy atom. The number of aryl methyl sites for hydroxylation is 1. The van der Waals surface area contributed by atoms with Crippen LogP contribution in [0.4, 0.5) is 11.4 Å². The summed E-state index contributed by atoms with van der Waals surface area (Å²) in [4.78, 5) is 12.7. The molecule has 0 saturated heterocycles. The Bertz CT molecular complexity index is 1180. The van der Waals surface area contributed by atoms with Gasteiger partial charge in [-0.25, -0.2) is 13.1 Å². The minimum atomic E-state index is -4.02. The molecule has 6 nitrogen and oxygen atoms in total. The van der Waals surface area contributed by atoms with Crippen LogP contribution >= 0.6 is 31.9 Å². The van der Waals surface area contributed by atoms with Crippen molar-refractivity contribution >= 4 is 59.2 Å². The number of sulfonamides is 1. The van der Waals surface area contributed by atoms with Gasteiger partial charge in [0.15, 0.2) is 0 Å². The zero-order chi connectivity index (χ0) is 21.0. The fourth-order valence-corrected chi connectivity index (χ4v) is 3.94. The number of rotatable bonds is 5. The smallest absolute Gasteiger partial charge is 0.267 e. The molecule has 0 bridgehead atoms. The molecule has 0 saturated carbocycles. The lowest BCUT2D eigenvalue weighted by Crippen LogP contribution is -2.30. The van der Waals surface area contributed by atoms with Gasteiger partial charge in [0.05, 0.1) is 21.8 Å². The molecule has 3 aromatic carbocycles. The monoisotopic (exact) mass is 535 g/mol. The van der Waals surface area contributed by atoms with E-state index in [0.29, 0.717) is 10.2 Å². The van der Waals surface area contributed by atoms with Crippen LogP contribution in [0.25, 0.3) is 0 Å². The normalized spacial score (nSPS) is 11.6. The van der Waals surface area contributed by atoms with Crippen LogP contribution in [0, 0.1) is 6.92 Å². The van der Waals surface area contributed by atoms with Crippen LogP contribution in [0.5, 0.6) is 0 Å². The summed E-state index contributed by atoms with van der Waals surface area (Å²) < 4.78 is 28.7. The summed E-state index contributed by atoms with van der Waals surface area (Å²) in [5, 5.41) is 8.23. The topological polar surface area (TPSA) is 88.0 Å². The number of carbonyl (C=O) groups is 1. The molecule has 0 aromatic heterocycles. The Balaban J connectivity index is 1.89. The Morgan fingerprint density at radius 1 is 0.862 bits per heavy atom. The maximum atomic E-state index is 12.7. The van der Waals surface area contributed by atoms with Gasteiger partial charge in [-0.3, -0.25) is 4.79 Å². The lowest BCUT2D eigenvalue weighted by Gasteiger charge is -2.09. The zero-order valence-corrected chi connectivity index (χ0v) is 19.1. The van der Waals surface area contributed by atoms with Crippen LogP contribution in [0.15, 0.2) is 90.8 Å². The third kappa shape index (κ3) is 5.59. The fraction of sp³-hybridized carbons (Fsp3) is 0.0500. The minimum absolute atomic E-state index is 0.00415. The largest absolute Gasteiger partial charge is 0.268 e. The number of benzene rings is 3. The van der Waals surface area contributed by atoms with Crippen molar-refractivity contribution in [2.24, 2.45) is 10.2 Å². The minimum Gasteiger partial charge on any atom is -0.268 e. The van der Waals surface area contributed by atoms with E-state index >= 15 is 0 Å². The van der Waals surface area contributed by atoms with Gasteiger partial charge in [-0.05, 0) is 61.5 Å². The van der Waals surface area contributed by atoms with Gasteiger partial charge in [-0.2, -0.15) is 5.11 Å². The van der Waals surface area contributed by atoms with Crippen molar-refractivity contribution in [3.63, 3.8) is 0 Å². The fourth-order valence-electron chi connectivity index (χ4n) is 2.35. The molecule has 148 valence electrons. The molecule has 0 radical (unpaired) electrons. The van der Waals surface area contributed by atoms with E-state index in [4.69, 9.17) is 0 Å². The molecular weight excluding hydrogens is 522 g/mol. The highest BCUT2D eigenvalue weighted by Crippen LogP contribution is 2.27. The van der Waals surface area contributed by atoms with Gasteiger partial charge in [0.1, 0.15) is 0 Å². The standard InChI is InChI=1S/C20H15Br2N3O3S/c1-13-2-9-17(10-3-13)29(27,28)25-20(26)18-12-15(22)6-11-19(18)24-23-16-7-4-14(21)5-8-16/h2-12H,1H3,(H,25,26). The molecule has 29 heavy (non-hydrogen) atoms. The van der Waals surface area contributed by atoms with E-state index in [0.717, 1.165) is 10.0 Å². The summed E-state index contributed by atoms with van der Waals surface area (Å²) in [5.74, 6) is -0.795. The molecule has 0 aliphatic carbocycles. The second-order valence-corrected chi connectivity index (χ2v) is 9.60. The number of azo groups is 1. The van der Waals surface area contributed by atoms with Crippen molar-refractivity contribution in [1.82, 2.24) is 4.72 Å². The van der Waals surface area contributed by atoms with Crippen LogP contribution < -0.4 is 4.72 Å². The number of carbonyl (C=O) groups excluding carboxylic acids is 1. The van der Waals surface area contributed by atoms with E-state index in [1.54, 1.807) is 36.4 Å². The molecule has 0 fully saturated rings. The molecule has 0 aliphatic rings. The Kier molecular flexibility index (Phi) is 6.61. The lowest BCUT2D eigenvalue weighted by atomic mass is 10.2. The van der Waals surface area contributed by atoms with Gasteiger partial charge in [-0.1, -0.05) is 49.6 Å². The highest BCUT2D eigenvalue weighted by Gasteiger charge is 2.21. The van der Waals surface area contributed by atoms with Crippen molar-refractivity contribution in [2.45, 2.75) is 11.8 Å². The van der Waals surface area contributed by atoms with E-state index < -0.39 is 15.9 Å². The molecule has 0 spiro atoms. The number of amides is 1. The van der Waals surface area contributed by atoms with E-state index in [9.17, 15) is 13.2 Å². The summed E-state index contributed by atoms with van der Waals surface area (Å²) in [6.07, 6.45) is 0. The maximum absolute atomic E-state index is 12.7. The third-order valence-electron chi connectivity index (χ3n) is 3.86. The highest BCUT2D eigenvalue weighted by molar-refractivity contribution is 9.10. The van der Waals surface area contributed by atoms with E-state index in [2.05, 4.69) is 46.8 Å². The van der Waals surface area contributed by atoms with E-state index in [1.807, 2.05) is 19.1 Å². The van der Waals surface area contributed by atoms with Crippen molar-refractivity contribution in [1.29, 1.82) is 0 Å². The van der Waals surface area contributed by atoms with Gasteiger partial charge in [-0.15, -0.1) is 5.11 Å². The maximum Gasteiger partial charge on any atom is 0.267 e. The molecule has 1 N–H and O–H groups in total. The first kappa shape index (κ1) is 21.4. The van der Waals surface area contributed by atoms with Crippen molar-refractivity contribution in [3.05, 3.63) is 86.8 Å². The van der Waals surface area contributed by atoms with Gasteiger partial charge in [0.2, 0.25) is 0 Å². The third-order valence-corrected chi connectivity index (χ3v) is 6.23. The number of hydrogen-bond acceptors (Lipinski definition) is 5. The van der Waals surface area contributed by atoms with Crippen molar-refractivity contribution < 1.29 is 13.2 Å².